The van der Waals surface area contributed by atoms with Gasteiger partial charge < -0.3 is 5.11 Å². The third-order valence-electron chi connectivity index (χ3n) is 1.33. The van der Waals surface area contributed by atoms with Crippen LogP contribution in [0.5, 0.6) is 0 Å². The molecule has 0 aliphatic carbocycles. The Labute approximate surface area is 72.8 Å². The molecule has 0 aliphatic heterocycles. The topological polar surface area (TPSA) is 20.2 Å². The van der Waals surface area contributed by atoms with Crippen molar-refractivity contribution in [3.05, 3.63) is 20.8 Å². The zero-order valence-corrected chi connectivity index (χ0v) is 8.08. The molecule has 0 unspecified atom stereocenters. The molecule has 1 heterocycles. The molecule has 0 radical (unpaired) electrons. The first-order valence-corrected chi connectivity index (χ1v) is 4.84. The van der Waals surface area contributed by atoms with Gasteiger partial charge >= 0.3 is 0 Å². The highest BCUT2D eigenvalue weighted by Crippen LogP contribution is 2.30. The first-order valence-electron chi connectivity index (χ1n) is 3.16. The van der Waals surface area contributed by atoms with Crippen LogP contribution in [-0.2, 0) is 0 Å². The first-order chi connectivity index (χ1) is 4.75. The Kier molecular flexibility index (Phi) is 2.89. The minimum atomic E-state index is -0.297. The van der Waals surface area contributed by atoms with E-state index in [1.807, 2.05) is 18.4 Å². The number of aliphatic hydroxyl groups excluding tert-OH is 1. The molecule has 1 nitrogen and oxygen atoms in total. The highest BCUT2D eigenvalue weighted by atomic mass is 79.9. The van der Waals surface area contributed by atoms with Crippen LogP contribution < -0.4 is 0 Å². The minimum Gasteiger partial charge on any atom is -0.388 e. The van der Waals surface area contributed by atoms with E-state index in [0.717, 1.165) is 15.8 Å². The summed E-state index contributed by atoms with van der Waals surface area (Å²) in [6.45, 7) is 1.97. The number of hydrogen-bond acceptors (Lipinski definition) is 2. The Morgan fingerprint density at radius 1 is 1.80 bits per heavy atom. The molecule has 1 rings (SSSR count). The van der Waals surface area contributed by atoms with Gasteiger partial charge in [0.15, 0.2) is 0 Å². The molecule has 0 saturated carbocycles. The van der Waals surface area contributed by atoms with Crippen LogP contribution >= 0.6 is 27.3 Å². The molecule has 1 aromatic heterocycles. The molecule has 56 valence electrons. The third-order valence-corrected chi connectivity index (χ3v) is 3.31. The minimum absolute atomic E-state index is 0.297. The lowest BCUT2D eigenvalue weighted by molar-refractivity contribution is 0.177. The SMILES string of the molecule is CC[C@H](O)c1sccc1Br. The van der Waals surface area contributed by atoms with Gasteiger partial charge in [-0.05, 0) is 33.8 Å². The molecule has 10 heavy (non-hydrogen) atoms. The maximum atomic E-state index is 9.38. The Hall–Kier alpha value is 0.140. The lowest BCUT2D eigenvalue weighted by atomic mass is 10.2. The van der Waals surface area contributed by atoms with Crippen molar-refractivity contribution in [2.75, 3.05) is 0 Å². The molecule has 1 atom stereocenters. The maximum Gasteiger partial charge on any atom is 0.0890 e. The molecule has 0 aliphatic rings. The highest BCUT2D eigenvalue weighted by molar-refractivity contribution is 9.10. The molecule has 0 aromatic carbocycles. The van der Waals surface area contributed by atoms with Crippen LogP contribution in [0, 0.1) is 0 Å². The Balaban J connectivity index is 2.82. The van der Waals surface area contributed by atoms with Gasteiger partial charge in [-0.2, -0.15) is 0 Å². The summed E-state index contributed by atoms with van der Waals surface area (Å²) in [7, 11) is 0. The predicted octanol–water partition coefficient (Wildman–Crippen LogP) is 2.95. The molecule has 0 fully saturated rings. The van der Waals surface area contributed by atoms with Crippen LogP contribution in [0.3, 0.4) is 0 Å². The van der Waals surface area contributed by atoms with Gasteiger partial charge in [0.25, 0.3) is 0 Å². The summed E-state index contributed by atoms with van der Waals surface area (Å²) in [5.41, 5.74) is 0. The quantitative estimate of drug-likeness (QED) is 0.813. The van der Waals surface area contributed by atoms with Crippen molar-refractivity contribution in [2.24, 2.45) is 0 Å². The van der Waals surface area contributed by atoms with E-state index in [1.54, 1.807) is 11.3 Å². The van der Waals surface area contributed by atoms with E-state index < -0.39 is 0 Å². The summed E-state index contributed by atoms with van der Waals surface area (Å²) in [4.78, 5) is 1.03. The van der Waals surface area contributed by atoms with Crippen molar-refractivity contribution in [1.29, 1.82) is 0 Å². The fraction of sp³-hybridized carbons (Fsp3) is 0.429. The van der Waals surface area contributed by atoms with E-state index in [0.29, 0.717) is 0 Å². The number of hydrogen-bond donors (Lipinski definition) is 1. The standard InChI is InChI=1S/C7H9BrOS/c1-2-6(9)7-5(8)3-4-10-7/h3-4,6,9H,2H2,1H3/t6-/m0/s1. The third kappa shape index (κ3) is 1.59. The van der Waals surface area contributed by atoms with Gasteiger partial charge in [0.05, 0.1) is 6.10 Å². The number of aliphatic hydroxyl groups is 1. The van der Waals surface area contributed by atoms with Crippen molar-refractivity contribution >= 4 is 27.3 Å². The normalized spacial score (nSPS) is 13.5. The molecule has 1 N–H and O–H groups in total. The van der Waals surface area contributed by atoms with Crippen molar-refractivity contribution in [3.63, 3.8) is 0 Å². The number of rotatable bonds is 2. The Morgan fingerprint density at radius 3 is 2.90 bits per heavy atom. The van der Waals surface area contributed by atoms with Crippen molar-refractivity contribution < 1.29 is 5.11 Å². The van der Waals surface area contributed by atoms with Gasteiger partial charge in [-0.15, -0.1) is 11.3 Å². The monoisotopic (exact) mass is 220 g/mol. The fourth-order valence-electron chi connectivity index (χ4n) is 0.729. The summed E-state index contributed by atoms with van der Waals surface area (Å²) in [5.74, 6) is 0. The second-order valence-electron chi connectivity index (χ2n) is 2.06. The second kappa shape index (κ2) is 3.51. The van der Waals surface area contributed by atoms with Crippen LogP contribution in [0.15, 0.2) is 15.9 Å². The van der Waals surface area contributed by atoms with Crippen LogP contribution in [0.2, 0.25) is 0 Å². The average Bonchev–Trinajstić information content (AvgIpc) is 2.34. The summed E-state index contributed by atoms with van der Waals surface area (Å²) in [6.07, 6.45) is 0.480. The number of thiophene rings is 1. The number of halogens is 1. The van der Waals surface area contributed by atoms with Gasteiger partial charge in [0, 0.05) is 9.35 Å². The Morgan fingerprint density at radius 2 is 2.50 bits per heavy atom. The smallest absolute Gasteiger partial charge is 0.0890 e. The van der Waals surface area contributed by atoms with E-state index in [1.165, 1.54) is 0 Å². The molecule has 0 amide bonds. The molecule has 0 saturated heterocycles. The van der Waals surface area contributed by atoms with Gasteiger partial charge in [0.2, 0.25) is 0 Å². The van der Waals surface area contributed by atoms with Crippen LogP contribution in [0.1, 0.15) is 24.3 Å². The van der Waals surface area contributed by atoms with Gasteiger partial charge in [-0.3, -0.25) is 0 Å². The molecule has 0 spiro atoms. The lowest BCUT2D eigenvalue weighted by Crippen LogP contribution is -1.90. The van der Waals surface area contributed by atoms with Crippen molar-refractivity contribution in [3.8, 4) is 0 Å². The zero-order valence-electron chi connectivity index (χ0n) is 5.67. The second-order valence-corrected chi connectivity index (χ2v) is 3.86. The Bertz CT molecular complexity index is 209. The lowest BCUT2D eigenvalue weighted by Gasteiger charge is -2.03. The van der Waals surface area contributed by atoms with Gasteiger partial charge in [-0.25, -0.2) is 0 Å². The van der Waals surface area contributed by atoms with E-state index in [9.17, 15) is 5.11 Å². The maximum absolute atomic E-state index is 9.38. The van der Waals surface area contributed by atoms with E-state index >= 15 is 0 Å². The average molecular weight is 221 g/mol. The van der Waals surface area contributed by atoms with Crippen LogP contribution in [0.4, 0.5) is 0 Å². The summed E-state index contributed by atoms with van der Waals surface area (Å²) in [5, 5.41) is 11.3. The molecular weight excluding hydrogens is 212 g/mol. The van der Waals surface area contributed by atoms with E-state index in [2.05, 4.69) is 15.9 Å². The fourth-order valence-corrected chi connectivity index (χ4v) is 2.44. The molecule has 1 aromatic rings. The van der Waals surface area contributed by atoms with Gasteiger partial charge in [0.1, 0.15) is 0 Å². The largest absolute Gasteiger partial charge is 0.388 e. The summed E-state index contributed by atoms with van der Waals surface area (Å²) < 4.78 is 1.02. The summed E-state index contributed by atoms with van der Waals surface area (Å²) >= 11 is 4.94. The van der Waals surface area contributed by atoms with Crippen LogP contribution in [-0.4, -0.2) is 5.11 Å². The first kappa shape index (κ1) is 8.24. The highest BCUT2D eigenvalue weighted by Gasteiger charge is 2.09. The van der Waals surface area contributed by atoms with Crippen LogP contribution in [0.25, 0.3) is 0 Å². The van der Waals surface area contributed by atoms with E-state index in [4.69, 9.17) is 0 Å². The molecule has 3 heteroatoms. The van der Waals surface area contributed by atoms with Crippen molar-refractivity contribution in [1.82, 2.24) is 0 Å². The van der Waals surface area contributed by atoms with Crippen molar-refractivity contribution in [2.45, 2.75) is 19.4 Å². The van der Waals surface area contributed by atoms with E-state index in [-0.39, 0.29) is 6.10 Å². The predicted molar refractivity (Wildman–Crippen MR) is 47.3 cm³/mol. The van der Waals surface area contributed by atoms with Gasteiger partial charge in [-0.1, -0.05) is 6.92 Å². The molecular formula is C7H9BrOS. The summed E-state index contributed by atoms with van der Waals surface area (Å²) in [6, 6.07) is 1.96. The molecule has 0 bridgehead atoms. The zero-order chi connectivity index (χ0) is 7.56.